The number of rotatable bonds is 8. The number of hydrogen-bond acceptors (Lipinski definition) is 8. The van der Waals surface area contributed by atoms with Crippen molar-refractivity contribution in [1.82, 2.24) is 4.72 Å². The molecule has 0 heterocycles. The molecule has 32 heavy (non-hydrogen) atoms. The molecule has 11 heteroatoms. The third-order valence-corrected chi connectivity index (χ3v) is 5.94. The lowest BCUT2D eigenvalue weighted by Crippen LogP contribution is -2.41. The number of esters is 2. The van der Waals surface area contributed by atoms with Crippen molar-refractivity contribution in [3.05, 3.63) is 53.1 Å². The quantitative estimate of drug-likeness (QED) is 0.565. The van der Waals surface area contributed by atoms with Crippen LogP contribution in [-0.4, -0.2) is 53.6 Å². The Kier molecular flexibility index (Phi) is 7.95. The Bertz CT molecular complexity index is 1110. The van der Waals surface area contributed by atoms with Gasteiger partial charge in [-0.05, 0) is 49.7 Å². The van der Waals surface area contributed by atoms with E-state index in [-0.39, 0.29) is 27.5 Å². The number of amides is 1. The number of methoxy groups -OCH3 is 3. The van der Waals surface area contributed by atoms with Gasteiger partial charge in [0.05, 0.1) is 38.5 Å². The molecule has 1 amide bonds. The number of hydrogen-bond donors (Lipinski definition) is 2. The van der Waals surface area contributed by atoms with Crippen molar-refractivity contribution in [2.75, 3.05) is 26.6 Å². The smallest absolute Gasteiger partial charge is 0.337 e. The maximum absolute atomic E-state index is 12.8. The summed E-state index contributed by atoms with van der Waals surface area (Å²) in [6.45, 7) is 3.07. The summed E-state index contributed by atoms with van der Waals surface area (Å²) in [6, 6.07) is 7.27. The molecule has 0 spiro atoms. The summed E-state index contributed by atoms with van der Waals surface area (Å²) in [5.74, 6) is -2.06. The molecule has 172 valence electrons. The topological polar surface area (TPSA) is 137 Å². The molecule has 0 saturated carbocycles. The van der Waals surface area contributed by atoms with Gasteiger partial charge in [-0.25, -0.2) is 18.0 Å². The monoisotopic (exact) mass is 464 g/mol. The molecule has 0 fully saturated rings. The Morgan fingerprint density at radius 1 is 0.906 bits per heavy atom. The molecule has 0 unspecified atom stereocenters. The highest BCUT2D eigenvalue weighted by Crippen LogP contribution is 2.25. The van der Waals surface area contributed by atoms with Crippen molar-refractivity contribution in [3.8, 4) is 5.75 Å². The zero-order valence-corrected chi connectivity index (χ0v) is 19.0. The number of benzene rings is 2. The van der Waals surface area contributed by atoms with Gasteiger partial charge in [-0.15, -0.1) is 0 Å². The van der Waals surface area contributed by atoms with E-state index in [4.69, 9.17) is 4.74 Å². The second kappa shape index (κ2) is 10.2. The Morgan fingerprint density at radius 3 is 1.97 bits per heavy atom. The summed E-state index contributed by atoms with van der Waals surface area (Å²) in [6.07, 6.45) is 0. The molecule has 0 radical (unpaired) electrons. The highest BCUT2D eigenvalue weighted by Gasteiger charge is 2.26. The van der Waals surface area contributed by atoms with E-state index in [1.807, 2.05) is 0 Å². The van der Waals surface area contributed by atoms with Gasteiger partial charge < -0.3 is 19.5 Å². The van der Waals surface area contributed by atoms with Gasteiger partial charge in [-0.1, -0.05) is 6.07 Å². The molecule has 2 rings (SSSR count). The molecule has 2 aromatic carbocycles. The summed E-state index contributed by atoms with van der Waals surface area (Å²) < 4.78 is 42.3. The van der Waals surface area contributed by atoms with E-state index in [0.29, 0.717) is 5.56 Å². The van der Waals surface area contributed by atoms with Crippen molar-refractivity contribution >= 4 is 33.6 Å². The normalized spacial score (nSPS) is 11.9. The number of ether oxygens (including phenoxy) is 3. The molecule has 0 aliphatic rings. The van der Waals surface area contributed by atoms with Crippen molar-refractivity contribution in [3.63, 3.8) is 0 Å². The van der Waals surface area contributed by atoms with Crippen LogP contribution in [-0.2, 0) is 24.3 Å². The minimum absolute atomic E-state index is 0.00318. The second-order valence-electron chi connectivity index (χ2n) is 6.77. The average Bonchev–Trinajstić information content (AvgIpc) is 2.77. The van der Waals surface area contributed by atoms with Crippen LogP contribution in [0.1, 0.15) is 33.2 Å². The first kappa shape index (κ1) is 24.8. The molecular weight excluding hydrogens is 440 g/mol. The van der Waals surface area contributed by atoms with Crippen molar-refractivity contribution in [2.24, 2.45) is 0 Å². The van der Waals surface area contributed by atoms with Crippen molar-refractivity contribution in [1.29, 1.82) is 0 Å². The van der Waals surface area contributed by atoms with E-state index in [2.05, 4.69) is 19.5 Å². The van der Waals surface area contributed by atoms with Crippen molar-refractivity contribution < 1.29 is 37.0 Å². The van der Waals surface area contributed by atoms with Gasteiger partial charge in [0, 0.05) is 5.69 Å². The van der Waals surface area contributed by atoms with E-state index < -0.39 is 33.9 Å². The highest BCUT2D eigenvalue weighted by atomic mass is 32.2. The number of sulfonamides is 1. The van der Waals surface area contributed by atoms with E-state index >= 15 is 0 Å². The fourth-order valence-electron chi connectivity index (χ4n) is 2.77. The van der Waals surface area contributed by atoms with E-state index in [0.717, 1.165) is 0 Å². The van der Waals surface area contributed by atoms with Crippen LogP contribution in [0.15, 0.2) is 41.3 Å². The first-order valence-electron chi connectivity index (χ1n) is 9.32. The fraction of sp³-hybridized carbons (Fsp3) is 0.286. The van der Waals surface area contributed by atoms with Gasteiger partial charge in [0.25, 0.3) is 0 Å². The molecular formula is C21H24N2O8S. The Balaban J connectivity index is 2.28. The SMILES string of the molecule is COC(=O)c1cc(NC(=O)[C@H](C)NS(=O)(=O)c2cc(C)ccc2OC)cc(C(=O)OC)c1. The number of aryl methyl sites for hydroxylation is 1. The molecule has 1 atom stereocenters. The lowest BCUT2D eigenvalue weighted by atomic mass is 10.1. The van der Waals surface area contributed by atoms with Gasteiger partial charge in [0.1, 0.15) is 10.6 Å². The third-order valence-electron chi connectivity index (χ3n) is 4.38. The molecule has 2 aromatic rings. The Hall–Kier alpha value is -3.44. The van der Waals surface area contributed by atoms with E-state index in [9.17, 15) is 22.8 Å². The van der Waals surface area contributed by atoms with Crippen LogP contribution in [0.3, 0.4) is 0 Å². The van der Waals surface area contributed by atoms with E-state index in [1.54, 1.807) is 13.0 Å². The summed E-state index contributed by atoms with van der Waals surface area (Å²) in [5.41, 5.74) is 0.780. The minimum Gasteiger partial charge on any atom is -0.495 e. The van der Waals surface area contributed by atoms with Crippen molar-refractivity contribution in [2.45, 2.75) is 24.8 Å². The van der Waals surface area contributed by atoms with Gasteiger partial charge >= 0.3 is 11.9 Å². The predicted molar refractivity (Wildman–Crippen MR) is 115 cm³/mol. The van der Waals surface area contributed by atoms with Crippen LogP contribution < -0.4 is 14.8 Å². The maximum Gasteiger partial charge on any atom is 0.337 e. The summed E-state index contributed by atoms with van der Waals surface area (Å²) >= 11 is 0. The maximum atomic E-state index is 12.8. The zero-order valence-electron chi connectivity index (χ0n) is 18.2. The first-order valence-corrected chi connectivity index (χ1v) is 10.8. The molecule has 0 aromatic heterocycles. The number of carbonyl (C=O) groups is 3. The molecule has 0 bridgehead atoms. The van der Waals surface area contributed by atoms with Gasteiger partial charge in [0.15, 0.2) is 0 Å². The lowest BCUT2D eigenvalue weighted by Gasteiger charge is -2.17. The minimum atomic E-state index is -4.10. The Labute approximate surface area is 185 Å². The third kappa shape index (κ3) is 5.83. The summed E-state index contributed by atoms with van der Waals surface area (Å²) in [5, 5.41) is 2.48. The molecule has 2 N–H and O–H groups in total. The van der Waals surface area contributed by atoms with Crippen LogP contribution in [0.4, 0.5) is 5.69 Å². The Morgan fingerprint density at radius 2 is 1.47 bits per heavy atom. The lowest BCUT2D eigenvalue weighted by molar-refractivity contribution is -0.117. The summed E-state index contributed by atoms with van der Waals surface area (Å²) in [4.78, 5) is 36.3. The van der Waals surface area contributed by atoms with Gasteiger partial charge in [0.2, 0.25) is 15.9 Å². The first-order chi connectivity index (χ1) is 15.0. The van der Waals surface area contributed by atoms with Gasteiger partial charge in [-0.2, -0.15) is 4.72 Å². The largest absolute Gasteiger partial charge is 0.495 e. The van der Waals surface area contributed by atoms with Crippen LogP contribution >= 0.6 is 0 Å². The van der Waals surface area contributed by atoms with Crippen LogP contribution in [0.25, 0.3) is 0 Å². The second-order valence-corrected chi connectivity index (χ2v) is 8.45. The van der Waals surface area contributed by atoms with Gasteiger partial charge in [-0.3, -0.25) is 4.79 Å². The number of nitrogens with one attached hydrogen (secondary N) is 2. The number of anilines is 1. The molecule has 0 aliphatic carbocycles. The summed E-state index contributed by atoms with van der Waals surface area (Å²) in [7, 11) is -0.420. The van der Waals surface area contributed by atoms with Crippen LogP contribution in [0.5, 0.6) is 5.75 Å². The zero-order chi connectivity index (χ0) is 24.1. The molecule has 0 aliphatic heterocycles. The number of carbonyl (C=O) groups excluding carboxylic acids is 3. The molecule has 0 saturated heterocycles. The van der Waals surface area contributed by atoms with Crippen LogP contribution in [0.2, 0.25) is 0 Å². The predicted octanol–water partition coefficient (Wildman–Crippen LogP) is 1.88. The van der Waals surface area contributed by atoms with E-state index in [1.165, 1.54) is 58.6 Å². The standard InChI is InChI=1S/C21H24N2O8S/c1-12-6-7-17(29-3)18(8-12)32(27,28)23-13(2)19(24)22-16-10-14(20(25)30-4)9-15(11-16)21(26)31-5/h6-11,13,23H,1-5H3,(H,22,24)/t13-/m0/s1. The fourth-order valence-corrected chi connectivity index (χ4v) is 4.22. The average molecular weight is 464 g/mol. The highest BCUT2D eigenvalue weighted by molar-refractivity contribution is 7.89. The molecule has 10 nitrogen and oxygen atoms in total. The van der Waals surface area contributed by atoms with Crippen LogP contribution in [0, 0.1) is 6.92 Å².